The molecule has 2 aromatic carbocycles. The number of benzene rings is 2. The molecule has 0 radical (unpaired) electrons. The van der Waals surface area contributed by atoms with E-state index in [4.69, 9.17) is 19.7 Å². The monoisotopic (exact) mass is 618 g/mol. The molecule has 0 spiro atoms. The summed E-state index contributed by atoms with van der Waals surface area (Å²) in [4.78, 5) is 24.6. The minimum atomic E-state index is -2.94. The van der Waals surface area contributed by atoms with Gasteiger partial charge in [0.1, 0.15) is 24.1 Å². The number of carboxylic acids is 1. The molecule has 13 heteroatoms. The maximum Gasteiger partial charge on any atom is 0.335 e. The first kappa shape index (κ1) is 29.1. The molecular weight excluding hydrogens is 589 g/mol. The summed E-state index contributed by atoms with van der Waals surface area (Å²) in [6, 6.07) is 14.2. The highest BCUT2D eigenvalue weighted by Gasteiger charge is 2.57. The molecule has 0 saturated carbocycles. The fourth-order valence-electron chi connectivity index (χ4n) is 6.41. The molecule has 2 aromatic heterocycles. The van der Waals surface area contributed by atoms with Gasteiger partial charge in [-0.25, -0.2) is 22.9 Å². The van der Waals surface area contributed by atoms with Crippen molar-refractivity contribution in [3.8, 4) is 11.9 Å². The minimum Gasteiger partial charge on any atom is -0.478 e. The van der Waals surface area contributed by atoms with Gasteiger partial charge in [0.25, 0.3) is 5.92 Å². The van der Waals surface area contributed by atoms with Crippen molar-refractivity contribution in [2.75, 3.05) is 24.6 Å². The number of nitriles is 1. The number of ether oxygens (including phenoxy) is 2. The second kappa shape index (κ2) is 11.4. The summed E-state index contributed by atoms with van der Waals surface area (Å²) in [6.07, 6.45) is 0.508. The minimum absolute atomic E-state index is 0.0271. The topological polar surface area (TPSA) is 117 Å². The van der Waals surface area contributed by atoms with Crippen LogP contribution < -0.4 is 9.64 Å². The van der Waals surface area contributed by atoms with Crippen molar-refractivity contribution in [3.63, 3.8) is 0 Å². The van der Waals surface area contributed by atoms with Crippen LogP contribution in [0.4, 0.5) is 19.0 Å². The van der Waals surface area contributed by atoms with E-state index in [-0.39, 0.29) is 54.8 Å². The largest absolute Gasteiger partial charge is 0.478 e. The molecule has 1 N–H and O–H groups in total. The zero-order chi connectivity index (χ0) is 31.3. The van der Waals surface area contributed by atoms with E-state index in [1.165, 1.54) is 18.2 Å². The first-order chi connectivity index (χ1) is 21.7. The van der Waals surface area contributed by atoms with E-state index >= 15 is 8.78 Å². The number of imidazole rings is 1. The Kier molecular flexibility index (Phi) is 7.33. The van der Waals surface area contributed by atoms with E-state index in [9.17, 15) is 14.3 Å². The van der Waals surface area contributed by atoms with Gasteiger partial charge in [-0.2, -0.15) is 10.2 Å². The molecule has 10 nitrogen and oxygen atoms in total. The van der Waals surface area contributed by atoms with Crippen LogP contribution in [0, 0.1) is 17.1 Å². The van der Waals surface area contributed by atoms with Crippen LogP contribution in [0.5, 0.6) is 5.88 Å². The Bertz CT molecular complexity index is 1820. The van der Waals surface area contributed by atoms with Gasteiger partial charge in [-0.1, -0.05) is 12.1 Å². The van der Waals surface area contributed by atoms with Crippen LogP contribution in [-0.4, -0.2) is 74.3 Å². The number of fused-ring (bicyclic) bond motifs is 3. The lowest BCUT2D eigenvalue weighted by molar-refractivity contribution is -0.0597. The average molecular weight is 619 g/mol. The van der Waals surface area contributed by atoms with Gasteiger partial charge in [-0.15, -0.1) is 0 Å². The van der Waals surface area contributed by atoms with Gasteiger partial charge in [-0.3, -0.25) is 4.90 Å². The molecule has 3 aliphatic rings. The quantitative estimate of drug-likeness (QED) is 0.287. The molecule has 5 heterocycles. The number of aromatic nitrogens is 3. The van der Waals surface area contributed by atoms with Crippen molar-refractivity contribution < 1.29 is 32.5 Å². The van der Waals surface area contributed by atoms with Gasteiger partial charge in [0.2, 0.25) is 5.88 Å². The molecule has 0 aliphatic carbocycles. The lowest BCUT2D eigenvalue weighted by Gasteiger charge is -2.41. The SMILES string of the molecule is N#Cc1ccc(COc2cccc(N3CC4CC(F)(F)C(C3)N4Cc3nc4ccc(C(=O)O)cc4n3C[C@@H]3CCO3)n2)c(F)c1. The summed E-state index contributed by atoms with van der Waals surface area (Å²) < 4.78 is 58.5. The second-order valence-electron chi connectivity index (χ2n) is 11.7. The van der Waals surface area contributed by atoms with Gasteiger partial charge in [0.15, 0.2) is 0 Å². The molecule has 3 fully saturated rings. The number of hydrogen-bond donors (Lipinski definition) is 1. The Balaban J connectivity index is 1.11. The average Bonchev–Trinajstić information content (AvgIpc) is 3.40. The molecular formula is C32H29F3N6O4. The van der Waals surface area contributed by atoms with Crippen molar-refractivity contribution in [2.24, 2.45) is 0 Å². The highest BCUT2D eigenvalue weighted by atomic mass is 19.3. The lowest BCUT2D eigenvalue weighted by atomic mass is 10.1. The smallest absolute Gasteiger partial charge is 0.335 e. The van der Waals surface area contributed by atoms with Gasteiger partial charge >= 0.3 is 5.97 Å². The first-order valence-electron chi connectivity index (χ1n) is 14.7. The first-order valence-corrected chi connectivity index (χ1v) is 14.7. The predicted molar refractivity (Wildman–Crippen MR) is 156 cm³/mol. The van der Waals surface area contributed by atoms with E-state index in [1.54, 1.807) is 30.3 Å². The number of carboxylic acid groups (broad SMARTS) is 1. The maximum absolute atomic E-state index is 15.5. The molecule has 3 saturated heterocycles. The number of nitrogens with zero attached hydrogens (tertiary/aromatic N) is 6. The van der Waals surface area contributed by atoms with E-state index in [0.717, 1.165) is 12.5 Å². The van der Waals surface area contributed by atoms with Gasteiger partial charge in [0, 0.05) is 43.8 Å². The normalized spacial score (nSPS) is 22.3. The third kappa shape index (κ3) is 5.55. The second-order valence-corrected chi connectivity index (χ2v) is 11.7. The van der Waals surface area contributed by atoms with Gasteiger partial charge < -0.3 is 24.0 Å². The van der Waals surface area contributed by atoms with Crippen molar-refractivity contribution in [2.45, 2.75) is 56.6 Å². The number of piperazine rings is 1. The van der Waals surface area contributed by atoms with Crippen LogP contribution in [-0.2, 0) is 24.4 Å². The Hall–Kier alpha value is -4.67. The van der Waals surface area contributed by atoms with Crippen molar-refractivity contribution >= 4 is 22.8 Å². The number of pyridine rings is 1. The van der Waals surface area contributed by atoms with Crippen LogP contribution in [0.2, 0.25) is 0 Å². The number of aromatic carboxylic acids is 1. The number of anilines is 1. The Morgan fingerprint density at radius 2 is 2.00 bits per heavy atom. The Morgan fingerprint density at radius 3 is 2.71 bits per heavy atom. The highest BCUT2D eigenvalue weighted by Crippen LogP contribution is 2.43. The predicted octanol–water partition coefficient (Wildman–Crippen LogP) is 4.61. The van der Waals surface area contributed by atoms with E-state index in [0.29, 0.717) is 42.4 Å². The van der Waals surface area contributed by atoms with Crippen molar-refractivity contribution in [1.82, 2.24) is 19.4 Å². The van der Waals surface area contributed by atoms with Crippen LogP contribution >= 0.6 is 0 Å². The summed E-state index contributed by atoms with van der Waals surface area (Å²) in [6.45, 7) is 1.52. The fraction of sp³-hybridized carbons (Fsp3) is 0.375. The molecule has 2 bridgehead atoms. The number of carbonyl (C=O) groups is 1. The van der Waals surface area contributed by atoms with E-state index < -0.39 is 29.8 Å². The molecule has 3 atom stereocenters. The van der Waals surface area contributed by atoms with Crippen LogP contribution in [0.15, 0.2) is 54.6 Å². The number of alkyl halides is 2. The molecule has 0 amide bonds. The van der Waals surface area contributed by atoms with Crippen molar-refractivity contribution in [1.29, 1.82) is 5.26 Å². The van der Waals surface area contributed by atoms with Crippen LogP contribution in [0.1, 0.15) is 40.2 Å². The number of halogens is 3. The van der Waals surface area contributed by atoms with Crippen LogP contribution in [0.3, 0.4) is 0 Å². The Morgan fingerprint density at radius 1 is 1.16 bits per heavy atom. The Labute approximate surface area is 256 Å². The zero-order valence-corrected chi connectivity index (χ0v) is 24.1. The van der Waals surface area contributed by atoms with Gasteiger partial charge in [-0.05, 0) is 42.8 Å². The third-order valence-corrected chi connectivity index (χ3v) is 8.86. The summed E-state index contributed by atoms with van der Waals surface area (Å²) in [5.74, 6) is -3.25. The lowest BCUT2D eigenvalue weighted by Crippen LogP contribution is -2.56. The summed E-state index contributed by atoms with van der Waals surface area (Å²) in [5, 5.41) is 18.5. The van der Waals surface area contributed by atoms with E-state index in [2.05, 4.69) is 4.98 Å². The molecule has 232 valence electrons. The summed E-state index contributed by atoms with van der Waals surface area (Å²) >= 11 is 0. The molecule has 2 unspecified atom stereocenters. The maximum atomic E-state index is 15.5. The van der Waals surface area contributed by atoms with Crippen molar-refractivity contribution in [3.05, 3.63) is 82.9 Å². The standard InChI is InChI=1S/C32H29F3N6O4/c33-24-10-19(13-36)4-5-21(24)18-45-30-3-1-2-28(38-30)39-14-22-12-32(34,35)27(16-39)40(22)17-29-37-25-7-6-20(31(42)43)11-26(25)41(29)15-23-8-9-44-23/h1-7,10-11,22-23,27H,8-9,12,14-18H2,(H,42,43)/t22?,23-,27?/m0/s1. The molecule has 4 aromatic rings. The third-order valence-electron chi connectivity index (χ3n) is 8.86. The number of rotatable bonds is 9. The van der Waals surface area contributed by atoms with Gasteiger partial charge in [0.05, 0.1) is 53.5 Å². The molecule has 45 heavy (non-hydrogen) atoms. The molecule has 7 rings (SSSR count). The zero-order valence-electron chi connectivity index (χ0n) is 24.1. The number of hydrogen-bond acceptors (Lipinski definition) is 8. The summed E-state index contributed by atoms with van der Waals surface area (Å²) in [7, 11) is 0. The molecule has 3 aliphatic heterocycles. The fourth-order valence-corrected chi connectivity index (χ4v) is 6.41. The highest BCUT2D eigenvalue weighted by molar-refractivity contribution is 5.92. The van der Waals surface area contributed by atoms with Crippen LogP contribution in [0.25, 0.3) is 11.0 Å². The summed E-state index contributed by atoms with van der Waals surface area (Å²) in [5.41, 5.74) is 1.85. The van der Waals surface area contributed by atoms with E-state index in [1.807, 2.05) is 20.4 Å².